The van der Waals surface area contributed by atoms with Gasteiger partial charge < -0.3 is 4.74 Å². The Kier molecular flexibility index (Phi) is 7.86. The Morgan fingerprint density at radius 3 is 2.70 bits per heavy atom. The van der Waals surface area contributed by atoms with Crippen molar-refractivity contribution in [2.75, 3.05) is 6.61 Å². The van der Waals surface area contributed by atoms with E-state index in [1.807, 2.05) is 6.92 Å². The Balaban J connectivity index is 2.49. The lowest BCUT2D eigenvalue weighted by atomic mass is 10.0. The van der Waals surface area contributed by atoms with E-state index < -0.39 is 6.10 Å². The number of unbranched alkanes of at least 4 members (excludes halogenated alkanes) is 1. The quantitative estimate of drug-likeness (QED) is 0.589. The van der Waals surface area contributed by atoms with Crippen LogP contribution in [0.2, 0.25) is 5.02 Å². The monoisotopic (exact) mass is 296 g/mol. The molecule has 2 atom stereocenters. The van der Waals surface area contributed by atoms with Crippen LogP contribution in [-0.4, -0.2) is 18.5 Å². The lowest BCUT2D eigenvalue weighted by Gasteiger charge is -2.18. The van der Waals surface area contributed by atoms with E-state index in [-0.39, 0.29) is 5.78 Å². The van der Waals surface area contributed by atoms with Gasteiger partial charge in [0.05, 0.1) is 6.61 Å². The highest BCUT2D eigenvalue weighted by Gasteiger charge is 2.17. The predicted octanol–water partition coefficient (Wildman–Crippen LogP) is 5.14. The number of Topliss-reactive ketones (excluding diaryl/α,β-unsaturated/α-hetero) is 1. The second-order valence-electron chi connectivity index (χ2n) is 5.27. The standard InChI is InChI=1S/C17H25ClO2/c1-4-6-8-14(5-2)12-20-13(3)17(19)15-9-7-10-16(18)11-15/h7,9-11,13-14H,4-6,8,12H2,1-3H3. The van der Waals surface area contributed by atoms with Crippen molar-refractivity contribution >= 4 is 17.4 Å². The molecule has 0 N–H and O–H groups in total. The van der Waals surface area contributed by atoms with Crippen molar-refractivity contribution in [1.82, 2.24) is 0 Å². The fourth-order valence-electron chi connectivity index (χ4n) is 2.13. The zero-order valence-corrected chi connectivity index (χ0v) is 13.5. The van der Waals surface area contributed by atoms with Crippen LogP contribution < -0.4 is 0 Å². The van der Waals surface area contributed by atoms with E-state index in [0.717, 1.165) is 6.42 Å². The van der Waals surface area contributed by atoms with Crippen LogP contribution in [0.15, 0.2) is 24.3 Å². The number of hydrogen-bond donors (Lipinski definition) is 0. The summed E-state index contributed by atoms with van der Waals surface area (Å²) in [5.41, 5.74) is 0.617. The average molecular weight is 297 g/mol. The Morgan fingerprint density at radius 2 is 2.10 bits per heavy atom. The molecule has 112 valence electrons. The van der Waals surface area contributed by atoms with Gasteiger partial charge in [-0.25, -0.2) is 0 Å². The molecule has 0 bridgehead atoms. The smallest absolute Gasteiger partial charge is 0.191 e. The van der Waals surface area contributed by atoms with E-state index in [9.17, 15) is 4.79 Å². The number of ketones is 1. The van der Waals surface area contributed by atoms with Crippen LogP contribution in [-0.2, 0) is 4.74 Å². The Hall–Kier alpha value is -0.860. The van der Waals surface area contributed by atoms with Crippen LogP contribution in [0.25, 0.3) is 0 Å². The molecule has 0 fully saturated rings. The molecule has 1 aromatic carbocycles. The van der Waals surface area contributed by atoms with E-state index in [2.05, 4.69) is 13.8 Å². The molecule has 0 aliphatic rings. The maximum atomic E-state index is 12.2. The summed E-state index contributed by atoms with van der Waals surface area (Å²) in [5.74, 6) is 0.544. The topological polar surface area (TPSA) is 26.3 Å². The van der Waals surface area contributed by atoms with Crippen molar-refractivity contribution < 1.29 is 9.53 Å². The first-order valence-corrected chi connectivity index (χ1v) is 7.87. The van der Waals surface area contributed by atoms with Crippen molar-refractivity contribution in [2.45, 2.75) is 52.6 Å². The van der Waals surface area contributed by atoms with E-state index in [0.29, 0.717) is 23.1 Å². The highest BCUT2D eigenvalue weighted by atomic mass is 35.5. The van der Waals surface area contributed by atoms with Gasteiger partial charge >= 0.3 is 0 Å². The molecule has 1 rings (SSSR count). The summed E-state index contributed by atoms with van der Waals surface area (Å²) in [6, 6.07) is 7.03. The molecule has 2 nitrogen and oxygen atoms in total. The Bertz CT molecular complexity index is 417. The molecule has 3 heteroatoms. The third-order valence-corrected chi connectivity index (χ3v) is 3.84. The lowest BCUT2D eigenvalue weighted by molar-refractivity contribution is 0.0321. The molecule has 0 aromatic heterocycles. The summed E-state index contributed by atoms with van der Waals surface area (Å²) in [6.07, 6.45) is 4.28. The minimum absolute atomic E-state index is 0.00200. The minimum atomic E-state index is -0.413. The average Bonchev–Trinajstić information content (AvgIpc) is 2.46. The molecule has 0 spiro atoms. The van der Waals surface area contributed by atoms with Gasteiger partial charge in [0.1, 0.15) is 6.10 Å². The first-order valence-electron chi connectivity index (χ1n) is 7.49. The van der Waals surface area contributed by atoms with Crippen LogP contribution in [0.3, 0.4) is 0 Å². The van der Waals surface area contributed by atoms with Crippen molar-refractivity contribution in [3.05, 3.63) is 34.9 Å². The predicted molar refractivity (Wildman–Crippen MR) is 84.5 cm³/mol. The molecule has 1 aromatic rings. The Morgan fingerprint density at radius 1 is 1.35 bits per heavy atom. The van der Waals surface area contributed by atoms with Crippen LogP contribution >= 0.6 is 11.6 Å². The van der Waals surface area contributed by atoms with Crippen LogP contribution in [0.5, 0.6) is 0 Å². The van der Waals surface area contributed by atoms with Crippen LogP contribution in [0.4, 0.5) is 0 Å². The number of ether oxygens (including phenoxy) is 1. The number of benzene rings is 1. The molecule has 0 aliphatic carbocycles. The fraction of sp³-hybridized carbons (Fsp3) is 0.588. The molecule has 2 unspecified atom stereocenters. The fourth-order valence-corrected chi connectivity index (χ4v) is 2.32. The van der Waals surface area contributed by atoms with Gasteiger partial charge in [0.15, 0.2) is 5.78 Å². The van der Waals surface area contributed by atoms with Gasteiger partial charge in [0.25, 0.3) is 0 Å². The first kappa shape index (κ1) is 17.2. The van der Waals surface area contributed by atoms with Gasteiger partial charge in [-0.2, -0.15) is 0 Å². The van der Waals surface area contributed by atoms with Gasteiger partial charge in [-0.3, -0.25) is 4.79 Å². The van der Waals surface area contributed by atoms with Crippen molar-refractivity contribution in [1.29, 1.82) is 0 Å². The zero-order valence-electron chi connectivity index (χ0n) is 12.7. The summed E-state index contributed by atoms with van der Waals surface area (Å²) in [4.78, 5) is 12.2. The molecular weight excluding hydrogens is 272 g/mol. The minimum Gasteiger partial charge on any atom is -0.370 e. The third-order valence-electron chi connectivity index (χ3n) is 3.60. The second-order valence-corrected chi connectivity index (χ2v) is 5.70. The van der Waals surface area contributed by atoms with Crippen molar-refractivity contribution in [3.63, 3.8) is 0 Å². The number of carbonyl (C=O) groups is 1. The molecule has 0 saturated heterocycles. The third kappa shape index (κ3) is 5.64. The van der Waals surface area contributed by atoms with E-state index in [4.69, 9.17) is 16.3 Å². The molecule has 0 heterocycles. The number of carbonyl (C=O) groups excluding carboxylic acids is 1. The SMILES string of the molecule is CCCCC(CC)COC(C)C(=O)c1cccc(Cl)c1. The van der Waals surface area contributed by atoms with Crippen molar-refractivity contribution in [3.8, 4) is 0 Å². The van der Waals surface area contributed by atoms with Gasteiger partial charge in [-0.05, 0) is 31.4 Å². The van der Waals surface area contributed by atoms with Crippen LogP contribution in [0, 0.1) is 5.92 Å². The molecule has 0 radical (unpaired) electrons. The zero-order chi connectivity index (χ0) is 15.0. The second kappa shape index (κ2) is 9.15. The normalized spacial score (nSPS) is 14.0. The van der Waals surface area contributed by atoms with E-state index in [1.165, 1.54) is 19.3 Å². The summed E-state index contributed by atoms with van der Waals surface area (Å²) >= 11 is 5.91. The maximum Gasteiger partial charge on any atom is 0.191 e. The van der Waals surface area contributed by atoms with E-state index >= 15 is 0 Å². The van der Waals surface area contributed by atoms with Crippen LogP contribution in [0.1, 0.15) is 56.8 Å². The molecule has 0 saturated carbocycles. The summed E-state index contributed by atoms with van der Waals surface area (Å²) in [6.45, 7) is 6.84. The molecular formula is C17H25ClO2. The van der Waals surface area contributed by atoms with Gasteiger partial charge in [0, 0.05) is 10.6 Å². The number of hydrogen-bond acceptors (Lipinski definition) is 2. The highest BCUT2D eigenvalue weighted by molar-refractivity contribution is 6.31. The highest BCUT2D eigenvalue weighted by Crippen LogP contribution is 2.16. The molecule has 20 heavy (non-hydrogen) atoms. The summed E-state index contributed by atoms with van der Waals surface area (Å²) in [5, 5.41) is 0.581. The number of rotatable bonds is 9. The maximum absolute atomic E-state index is 12.2. The molecule has 0 aliphatic heterocycles. The van der Waals surface area contributed by atoms with Gasteiger partial charge in [-0.1, -0.05) is 56.8 Å². The van der Waals surface area contributed by atoms with E-state index in [1.54, 1.807) is 24.3 Å². The largest absolute Gasteiger partial charge is 0.370 e. The first-order chi connectivity index (χ1) is 9.58. The summed E-state index contributed by atoms with van der Waals surface area (Å²) in [7, 11) is 0. The Labute approximate surface area is 127 Å². The lowest BCUT2D eigenvalue weighted by Crippen LogP contribution is -2.24. The van der Waals surface area contributed by atoms with Gasteiger partial charge in [-0.15, -0.1) is 0 Å². The number of halogens is 1. The molecule has 0 amide bonds. The van der Waals surface area contributed by atoms with Gasteiger partial charge in [0.2, 0.25) is 0 Å². The summed E-state index contributed by atoms with van der Waals surface area (Å²) < 4.78 is 5.76. The van der Waals surface area contributed by atoms with Crippen molar-refractivity contribution in [2.24, 2.45) is 5.92 Å².